The molecular formula is C13H16N7O6P. The van der Waals surface area contributed by atoms with E-state index in [0.29, 0.717) is 11.2 Å². The van der Waals surface area contributed by atoms with Crippen molar-refractivity contribution < 1.29 is 28.9 Å². The molecule has 5 atom stereocenters. The van der Waals surface area contributed by atoms with E-state index in [0.717, 1.165) is 10.7 Å². The van der Waals surface area contributed by atoms with Gasteiger partial charge in [-0.05, 0) is 0 Å². The molecule has 0 aliphatic carbocycles. The lowest BCUT2D eigenvalue weighted by atomic mass is 10.1. The Balaban J connectivity index is 1.52. The van der Waals surface area contributed by atoms with Crippen LogP contribution in [0.15, 0.2) is 31.4 Å². The summed E-state index contributed by atoms with van der Waals surface area (Å²) in [6, 6.07) is 0. The van der Waals surface area contributed by atoms with E-state index < -0.39 is 38.9 Å². The minimum Gasteiger partial charge on any atom is -0.387 e. The molecule has 5 unspecified atom stereocenters. The lowest BCUT2D eigenvalue weighted by Crippen LogP contribution is -2.33. The van der Waals surface area contributed by atoms with Gasteiger partial charge in [-0.2, -0.15) is 0 Å². The smallest absolute Gasteiger partial charge is 0.387 e. The molecule has 0 amide bonds. The first-order chi connectivity index (χ1) is 12.9. The first kappa shape index (κ1) is 18.0. The van der Waals surface area contributed by atoms with Crippen LogP contribution in [0.5, 0.6) is 0 Å². The van der Waals surface area contributed by atoms with Gasteiger partial charge in [0.2, 0.25) is 0 Å². The number of imidazole rings is 2. The Kier molecular flexibility index (Phi) is 4.42. The number of aliphatic hydroxyl groups is 2. The molecule has 4 heterocycles. The fourth-order valence-electron chi connectivity index (χ4n) is 2.79. The third kappa shape index (κ3) is 3.10. The lowest BCUT2D eigenvalue weighted by molar-refractivity contribution is -0.0487. The van der Waals surface area contributed by atoms with Gasteiger partial charge in [0.15, 0.2) is 17.7 Å². The van der Waals surface area contributed by atoms with Crippen molar-refractivity contribution >= 4 is 24.7 Å². The van der Waals surface area contributed by atoms with Crippen LogP contribution in [-0.4, -0.2) is 68.9 Å². The van der Waals surface area contributed by atoms with E-state index in [1.807, 2.05) is 0 Å². The second-order valence-corrected chi connectivity index (χ2v) is 7.56. The quantitative estimate of drug-likeness (QED) is 0.383. The topological polar surface area (TPSA) is 184 Å². The van der Waals surface area contributed by atoms with Gasteiger partial charge in [-0.3, -0.25) is 9.09 Å². The molecule has 1 aliphatic heterocycles. The lowest BCUT2D eigenvalue weighted by Gasteiger charge is -2.18. The van der Waals surface area contributed by atoms with Crippen molar-refractivity contribution in [2.75, 3.05) is 12.3 Å². The average Bonchev–Trinajstić information content (AvgIpc) is 3.36. The number of nitrogens with zero attached hydrogens (tertiary/aromatic N) is 6. The first-order valence-corrected chi connectivity index (χ1v) is 9.32. The van der Waals surface area contributed by atoms with Gasteiger partial charge in [-0.15, -0.1) is 0 Å². The maximum Gasteiger partial charge on any atom is 0.437 e. The number of nitrogen functional groups attached to an aromatic ring is 1. The van der Waals surface area contributed by atoms with Crippen LogP contribution in [0.3, 0.4) is 0 Å². The van der Waals surface area contributed by atoms with Crippen LogP contribution >= 0.6 is 7.75 Å². The predicted molar refractivity (Wildman–Crippen MR) is 89.1 cm³/mol. The zero-order valence-corrected chi connectivity index (χ0v) is 14.6. The van der Waals surface area contributed by atoms with E-state index in [4.69, 9.17) is 15.0 Å². The van der Waals surface area contributed by atoms with Crippen molar-refractivity contribution in [3.05, 3.63) is 31.4 Å². The van der Waals surface area contributed by atoms with Gasteiger partial charge in [-0.1, -0.05) is 0 Å². The molecule has 1 fully saturated rings. The molecule has 5 N–H and O–H groups in total. The second kappa shape index (κ2) is 6.64. The highest BCUT2D eigenvalue weighted by Crippen LogP contribution is 2.44. The van der Waals surface area contributed by atoms with E-state index in [-0.39, 0.29) is 5.82 Å². The Labute approximate surface area is 151 Å². The third-order valence-corrected chi connectivity index (χ3v) is 5.49. The van der Waals surface area contributed by atoms with Gasteiger partial charge >= 0.3 is 7.75 Å². The summed E-state index contributed by atoms with van der Waals surface area (Å²) >= 11 is 0. The Morgan fingerprint density at radius 2 is 2.07 bits per heavy atom. The summed E-state index contributed by atoms with van der Waals surface area (Å²) in [7, 11) is -4.20. The summed E-state index contributed by atoms with van der Waals surface area (Å²) in [6.07, 6.45) is 1.49. The number of ether oxygens (including phenoxy) is 1. The molecule has 27 heavy (non-hydrogen) atoms. The number of aromatic nitrogens is 6. The van der Waals surface area contributed by atoms with Crippen LogP contribution in [0.2, 0.25) is 0 Å². The first-order valence-electron chi connectivity index (χ1n) is 7.79. The molecule has 0 aromatic carbocycles. The van der Waals surface area contributed by atoms with E-state index in [9.17, 15) is 19.7 Å². The van der Waals surface area contributed by atoms with Gasteiger partial charge in [0, 0.05) is 12.4 Å². The molecule has 0 saturated carbocycles. The van der Waals surface area contributed by atoms with E-state index in [1.54, 1.807) is 0 Å². The number of aliphatic hydroxyl groups excluding tert-OH is 2. The highest BCUT2D eigenvalue weighted by molar-refractivity contribution is 7.51. The molecule has 3 aromatic heterocycles. The summed E-state index contributed by atoms with van der Waals surface area (Å²) in [5.74, 6) is 0.160. The minimum absolute atomic E-state index is 0.160. The van der Waals surface area contributed by atoms with Crippen molar-refractivity contribution in [3.63, 3.8) is 0 Å². The summed E-state index contributed by atoms with van der Waals surface area (Å²) in [6.45, 7) is -0.440. The maximum atomic E-state index is 12.2. The van der Waals surface area contributed by atoms with E-state index in [1.165, 1.54) is 29.6 Å². The van der Waals surface area contributed by atoms with Crippen LogP contribution in [0, 0.1) is 0 Å². The van der Waals surface area contributed by atoms with Gasteiger partial charge < -0.3 is 25.6 Å². The van der Waals surface area contributed by atoms with Crippen molar-refractivity contribution in [2.24, 2.45) is 0 Å². The summed E-state index contributed by atoms with van der Waals surface area (Å²) in [4.78, 5) is 25.6. The van der Waals surface area contributed by atoms with Crippen LogP contribution in [0.25, 0.3) is 11.2 Å². The number of nitrogens with two attached hydrogens (primary N) is 1. The molecule has 0 bridgehead atoms. The predicted octanol–water partition coefficient (Wildman–Crippen LogP) is -1.11. The highest BCUT2D eigenvalue weighted by Gasteiger charge is 2.45. The van der Waals surface area contributed by atoms with Crippen LogP contribution in [0.1, 0.15) is 6.23 Å². The normalized spacial score (nSPS) is 27.8. The second-order valence-electron chi connectivity index (χ2n) is 5.86. The van der Waals surface area contributed by atoms with E-state index >= 15 is 0 Å². The summed E-state index contributed by atoms with van der Waals surface area (Å²) < 4.78 is 25.1. The van der Waals surface area contributed by atoms with Gasteiger partial charge in [0.25, 0.3) is 0 Å². The maximum absolute atomic E-state index is 12.2. The molecule has 0 spiro atoms. The van der Waals surface area contributed by atoms with Gasteiger partial charge in [-0.25, -0.2) is 28.8 Å². The molecule has 144 valence electrons. The molecule has 0 radical (unpaired) electrons. The zero-order valence-electron chi connectivity index (χ0n) is 13.7. The average molecular weight is 397 g/mol. The number of rotatable bonds is 5. The summed E-state index contributed by atoms with van der Waals surface area (Å²) in [5.41, 5.74) is 6.37. The molecule has 3 aromatic rings. The van der Waals surface area contributed by atoms with Gasteiger partial charge in [0.1, 0.15) is 36.5 Å². The van der Waals surface area contributed by atoms with Crippen molar-refractivity contribution in [3.8, 4) is 0 Å². The molecule has 13 nitrogen and oxygen atoms in total. The zero-order chi connectivity index (χ0) is 19.2. The Bertz CT molecular complexity index is 994. The minimum atomic E-state index is -4.20. The molecule has 14 heteroatoms. The number of hydrogen-bond donors (Lipinski definition) is 4. The number of fused-ring (bicyclic) bond motifs is 1. The summed E-state index contributed by atoms with van der Waals surface area (Å²) in [5, 5.41) is 20.6. The highest BCUT2D eigenvalue weighted by atomic mass is 31.2. The number of anilines is 1. The van der Waals surface area contributed by atoms with Crippen molar-refractivity contribution in [2.45, 2.75) is 24.5 Å². The third-order valence-electron chi connectivity index (χ3n) is 4.19. The molecular weight excluding hydrogens is 381 g/mol. The standard InChI is InChI=1S/C13H16N7O6P/c14-11-8-12(17-4-16-11)20(6-18-8)13-10(22)9(21)7(26-13)3-25-27(23,24)19-2-1-15-5-19/h1-2,4-7,9-10,13,21-22H,3H2,(H,23,24)(H2,14,16,17). The molecule has 1 aliphatic rings. The van der Waals surface area contributed by atoms with Crippen LogP contribution in [-0.2, 0) is 13.8 Å². The SMILES string of the molecule is Nc1ncnc2c1ncn2C1OC(COP(=O)(O)n2ccnc2)C(O)C1O. The molecule has 1 saturated heterocycles. The monoisotopic (exact) mass is 397 g/mol. The Morgan fingerprint density at radius 1 is 1.26 bits per heavy atom. The van der Waals surface area contributed by atoms with E-state index in [2.05, 4.69) is 19.9 Å². The van der Waals surface area contributed by atoms with Gasteiger partial charge in [0.05, 0.1) is 12.9 Å². The van der Waals surface area contributed by atoms with Crippen LogP contribution in [0.4, 0.5) is 5.82 Å². The largest absolute Gasteiger partial charge is 0.437 e. The number of hydrogen-bond acceptors (Lipinski definition) is 10. The van der Waals surface area contributed by atoms with Crippen molar-refractivity contribution in [1.29, 1.82) is 0 Å². The van der Waals surface area contributed by atoms with Crippen LogP contribution < -0.4 is 5.73 Å². The van der Waals surface area contributed by atoms with Crippen molar-refractivity contribution in [1.82, 2.24) is 28.8 Å². The fourth-order valence-corrected chi connectivity index (χ4v) is 3.68. The Morgan fingerprint density at radius 3 is 2.81 bits per heavy atom. The Hall–Kier alpha value is -2.41. The fraction of sp³-hybridized carbons (Fsp3) is 0.385. The molecule has 4 rings (SSSR count).